The van der Waals surface area contributed by atoms with Crippen LogP contribution in [0.4, 0.5) is 8.78 Å². The van der Waals surface area contributed by atoms with Crippen molar-refractivity contribution >= 4 is 18.3 Å². The molecule has 0 aliphatic carbocycles. The van der Waals surface area contributed by atoms with Crippen LogP contribution >= 0.6 is 12.4 Å². The highest BCUT2D eigenvalue weighted by molar-refractivity contribution is 5.85. The molecule has 1 amide bonds. The highest BCUT2D eigenvalue weighted by Crippen LogP contribution is 2.22. The van der Waals surface area contributed by atoms with E-state index in [1.165, 1.54) is 24.3 Å². The second kappa shape index (κ2) is 9.78. The minimum absolute atomic E-state index is 0. The van der Waals surface area contributed by atoms with E-state index in [0.717, 1.165) is 17.7 Å². The second-order valence-corrected chi connectivity index (χ2v) is 6.59. The quantitative estimate of drug-likeness (QED) is 0.817. The Labute approximate surface area is 164 Å². The van der Waals surface area contributed by atoms with Gasteiger partial charge in [-0.25, -0.2) is 8.78 Å². The van der Waals surface area contributed by atoms with Crippen LogP contribution in [0, 0.1) is 11.6 Å². The molecule has 2 N–H and O–H groups in total. The number of rotatable bonds is 5. The number of nitrogens with zero attached hydrogens (tertiary/aromatic N) is 1. The molecule has 2 aromatic rings. The van der Waals surface area contributed by atoms with Gasteiger partial charge in [-0.1, -0.05) is 24.3 Å². The van der Waals surface area contributed by atoms with Gasteiger partial charge in [0.25, 0.3) is 0 Å². The summed E-state index contributed by atoms with van der Waals surface area (Å²) in [5.74, 6) is -0.682. The molecule has 0 spiro atoms. The Morgan fingerprint density at radius 2 is 1.96 bits per heavy atom. The Hall–Kier alpha value is -2.02. The van der Waals surface area contributed by atoms with E-state index < -0.39 is 0 Å². The van der Waals surface area contributed by atoms with E-state index in [1.807, 2.05) is 13.0 Å². The summed E-state index contributed by atoms with van der Waals surface area (Å²) >= 11 is 0. The van der Waals surface area contributed by atoms with E-state index in [1.54, 1.807) is 18.2 Å². The first-order valence-electron chi connectivity index (χ1n) is 8.78. The lowest BCUT2D eigenvalue weighted by Gasteiger charge is -2.36. The van der Waals surface area contributed by atoms with Gasteiger partial charge in [0, 0.05) is 25.7 Å². The molecule has 7 heteroatoms. The smallest absolute Gasteiger partial charge is 0.234 e. The zero-order valence-corrected chi connectivity index (χ0v) is 15.9. The Bertz CT molecular complexity index is 757. The van der Waals surface area contributed by atoms with Gasteiger partial charge in [-0.15, -0.1) is 12.4 Å². The van der Waals surface area contributed by atoms with Gasteiger partial charge in [-0.2, -0.15) is 0 Å². The molecular formula is C20H24ClF2N3O. The van der Waals surface area contributed by atoms with Gasteiger partial charge in [-0.05, 0) is 42.3 Å². The standard InChI is InChI=1S/C20H23F2N3O.ClH/c1-14(15-5-7-17(21)8-6-15)24-20(26)13-25-10-9-23-12-19(25)16-3-2-4-18(22)11-16;/h2-8,11,14,19,23H,9-10,12-13H2,1H3,(H,24,26);1H. The van der Waals surface area contributed by atoms with Gasteiger partial charge < -0.3 is 10.6 Å². The number of hydrogen-bond donors (Lipinski definition) is 2. The van der Waals surface area contributed by atoms with Gasteiger partial charge >= 0.3 is 0 Å². The van der Waals surface area contributed by atoms with Crippen LogP contribution < -0.4 is 10.6 Å². The van der Waals surface area contributed by atoms with Crippen molar-refractivity contribution in [3.63, 3.8) is 0 Å². The molecule has 146 valence electrons. The topological polar surface area (TPSA) is 44.4 Å². The van der Waals surface area contributed by atoms with E-state index in [2.05, 4.69) is 15.5 Å². The molecule has 1 aliphatic heterocycles. The van der Waals surface area contributed by atoms with Crippen LogP contribution in [-0.2, 0) is 4.79 Å². The van der Waals surface area contributed by atoms with Crippen LogP contribution in [0.15, 0.2) is 48.5 Å². The van der Waals surface area contributed by atoms with Crippen LogP contribution in [0.25, 0.3) is 0 Å². The fourth-order valence-corrected chi connectivity index (χ4v) is 3.28. The molecule has 1 heterocycles. The van der Waals surface area contributed by atoms with Crippen LogP contribution in [0.2, 0.25) is 0 Å². The summed E-state index contributed by atoms with van der Waals surface area (Å²) in [6.07, 6.45) is 0. The third-order valence-electron chi connectivity index (χ3n) is 4.68. The summed E-state index contributed by atoms with van der Waals surface area (Å²) in [6.45, 7) is 4.26. The molecule has 2 aromatic carbocycles. The average Bonchev–Trinajstić information content (AvgIpc) is 2.62. The predicted octanol–water partition coefficient (Wildman–Crippen LogP) is 3.21. The zero-order chi connectivity index (χ0) is 18.5. The fraction of sp³-hybridized carbons (Fsp3) is 0.350. The van der Waals surface area contributed by atoms with E-state index in [9.17, 15) is 13.6 Å². The lowest BCUT2D eigenvalue weighted by Crippen LogP contribution is -2.49. The highest BCUT2D eigenvalue weighted by Gasteiger charge is 2.26. The number of hydrogen-bond acceptors (Lipinski definition) is 3. The zero-order valence-electron chi connectivity index (χ0n) is 15.1. The predicted molar refractivity (Wildman–Crippen MR) is 104 cm³/mol. The fourth-order valence-electron chi connectivity index (χ4n) is 3.28. The maximum Gasteiger partial charge on any atom is 0.234 e. The van der Waals surface area contributed by atoms with Crippen LogP contribution in [-0.4, -0.2) is 37.0 Å². The number of halogens is 3. The Balaban J connectivity index is 0.00000261. The SMILES string of the molecule is CC(NC(=O)CN1CCNCC1c1cccc(F)c1)c1ccc(F)cc1.Cl. The first kappa shape index (κ1) is 21.3. The van der Waals surface area contributed by atoms with Crippen molar-refractivity contribution in [3.8, 4) is 0 Å². The summed E-state index contributed by atoms with van der Waals surface area (Å²) in [7, 11) is 0. The molecule has 1 saturated heterocycles. The lowest BCUT2D eigenvalue weighted by atomic mass is 10.0. The van der Waals surface area contributed by atoms with Gasteiger partial charge in [-0.3, -0.25) is 9.69 Å². The monoisotopic (exact) mass is 395 g/mol. The van der Waals surface area contributed by atoms with E-state index in [0.29, 0.717) is 13.1 Å². The van der Waals surface area contributed by atoms with Gasteiger partial charge in [0.2, 0.25) is 5.91 Å². The summed E-state index contributed by atoms with van der Waals surface area (Å²) in [5, 5.41) is 6.25. The molecule has 4 nitrogen and oxygen atoms in total. The number of piperazine rings is 1. The van der Waals surface area contributed by atoms with Crippen LogP contribution in [0.5, 0.6) is 0 Å². The van der Waals surface area contributed by atoms with Crippen LogP contribution in [0.3, 0.4) is 0 Å². The minimum atomic E-state index is -0.300. The van der Waals surface area contributed by atoms with Crippen molar-refractivity contribution in [2.45, 2.75) is 19.0 Å². The summed E-state index contributed by atoms with van der Waals surface area (Å²) in [5.41, 5.74) is 1.71. The molecular weight excluding hydrogens is 372 g/mol. The molecule has 27 heavy (non-hydrogen) atoms. The minimum Gasteiger partial charge on any atom is -0.348 e. The van der Waals surface area contributed by atoms with Crippen molar-refractivity contribution < 1.29 is 13.6 Å². The number of benzene rings is 2. The van der Waals surface area contributed by atoms with Gasteiger partial charge in [0.05, 0.1) is 12.6 Å². The third kappa shape index (κ3) is 5.73. The van der Waals surface area contributed by atoms with Crippen LogP contribution in [0.1, 0.15) is 30.1 Å². The summed E-state index contributed by atoms with van der Waals surface area (Å²) in [4.78, 5) is 14.5. The first-order chi connectivity index (χ1) is 12.5. The van der Waals surface area contributed by atoms with Crippen molar-refractivity contribution in [3.05, 3.63) is 71.3 Å². The molecule has 0 bridgehead atoms. The first-order valence-corrected chi connectivity index (χ1v) is 8.78. The van der Waals surface area contributed by atoms with Gasteiger partial charge in [0.15, 0.2) is 0 Å². The molecule has 1 aliphatic rings. The summed E-state index contributed by atoms with van der Waals surface area (Å²) < 4.78 is 26.6. The van der Waals surface area contributed by atoms with Crippen molar-refractivity contribution in [2.24, 2.45) is 0 Å². The molecule has 1 fully saturated rings. The number of carbonyl (C=O) groups is 1. The normalized spacial score (nSPS) is 18.4. The maximum atomic E-state index is 13.6. The molecule has 0 saturated carbocycles. The van der Waals surface area contributed by atoms with Gasteiger partial charge in [0.1, 0.15) is 11.6 Å². The summed E-state index contributed by atoms with van der Waals surface area (Å²) in [6, 6.07) is 12.3. The van der Waals surface area contributed by atoms with Crippen molar-refractivity contribution in [1.82, 2.24) is 15.5 Å². The highest BCUT2D eigenvalue weighted by atomic mass is 35.5. The Morgan fingerprint density at radius 1 is 1.22 bits per heavy atom. The molecule has 3 rings (SSSR count). The number of amides is 1. The Morgan fingerprint density at radius 3 is 2.67 bits per heavy atom. The molecule has 0 aromatic heterocycles. The molecule has 0 radical (unpaired) electrons. The van der Waals surface area contributed by atoms with Crippen molar-refractivity contribution in [2.75, 3.05) is 26.2 Å². The molecule has 2 unspecified atom stereocenters. The average molecular weight is 396 g/mol. The lowest BCUT2D eigenvalue weighted by molar-refractivity contribution is -0.123. The largest absolute Gasteiger partial charge is 0.348 e. The van der Waals surface area contributed by atoms with Crippen molar-refractivity contribution in [1.29, 1.82) is 0 Å². The maximum absolute atomic E-state index is 13.6. The van der Waals surface area contributed by atoms with E-state index >= 15 is 0 Å². The molecule has 2 atom stereocenters. The number of carbonyl (C=O) groups excluding carboxylic acids is 1. The van der Waals surface area contributed by atoms with E-state index in [-0.39, 0.29) is 48.6 Å². The Kier molecular flexibility index (Phi) is 7.71. The van der Waals surface area contributed by atoms with E-state index in [4.69, 9.17) is 0 Å². The number of nitrogens with one attached hydrogen (secondary N) is 2. The second-order valence-electron chi connectivity index (χ2n) is 6.59. The third-order valence-corrected chi connectivity index (χ3v) is 4.68.